The quantitative estimate of drug-likeness (QED) is 0.351. The number of nitrogens with zero attached hydrogens (tertiary/aromatic N) is 1. The van der Waals surface area contributed by atoms with Crippen LogP contribution in [0.4, 0.5) is 5.69 Å². The molecule has 0 bridgehead atoms. The third-order valence-corrected chi connectivity index (χ3v) is 6.54. The van der Waals surface area contributed by atoms with Crippen molar-refractivity contribution in [2.24, 2.45) is 0 Å². The van der Waals surface area contributed by atoms with E-state index in [2.05, 4.69) is 0 Å². The highest BCUT2D eigenvalue weighted by molar-refractivity contribution is 7.92. The molecular formula is C18H18BNO7S. The predicted octanol–water partition coefficient (Wildman–Crippen LogP) is 2.19. The largest absolute Gasteiger partial charge is 0.471 e. The summed E-state index contributed by atoms with van der Waals surface area (Å²) in [6.07, 6.45) is 1.23. The van der Waals surface area contributed by atoms with Crippen molar-refractivity contribution in [1.82, 2.24) is 0 Å². The van der Waals surface area contributed by atoms with Gasteiger partial charge in [0.25, 0.3) is 5.69 Å². The summed E-state index contributed by atoms with van der Waals surface area (Å²) in [5.74, 6) is -0.548. The second-order valence-corrected chi connectivity index (χ2v) is 8.87. The highest BCUT2D eigenvalue weighted by Gasteiger charge is 2.37. The lowest BCUT2D eigenvalue weighted by molar-refractivity contribution is -0.384. The van der Waals surface area contributed by atoms with Crippen LogP contribution in [0.1, 0.15) is 16.7 Å². The Morgan fingerprint density at radius 1 is 1.21 bits per heavy atom. The van der Waals surface area contributed by atoms with Crippen molar-refractivity contribution in [3.05, 3.63) is 75.5 Å². The van der Waals surface area contributed by atoms with Crippen LogP contribution in [0, 0.1) is 17.0 Å². The van der Waals surface area contributed by atoms with Crippen molar-refractivity contribution in [1.29, 1.82) is 0 Å². The van der Waals surface area contributed by atoms with E-state index in [0.717, 1.165) is 0 Å². The van der Waals surface area contributed by atoms with E-state index < -0.39 is 32.8 Å². The highest BCUT2D eigenvalue weighted by atomic mass is 32.2. The van der Waals surface area contributed by atoms with Crippen molar-refractivity contribution in [3.8, 4) is 0 Å². The molecule has 1 aromatic heterocycles. The third-order valence-electron chi connectivity index (χ3n) is 4.48. The fraction of sp³-hybridized carbons (Fsp3) is 0.222. The molecule has 3 aromatic rings. The van der Waals surface area contributed by atoms with Crippen molar-refractivity contribution in [3.63, 3.8) is 0 Å². The molecule has 1 heterocycles. The van der Waals surface area contributed by atoms with Gasteiger partial charge in [-0.25, -0.2) is 8.42 Å². The SMILES string of the molecule is Cc1cc(CS(=O)(=O)[C@@H](Cc2coc3ccccc23)B(O)O)cc([N+](=O)[O-])c1. The Morgan fingerprint density at radius 2 is 1.93 bits per heavy atom. The minimum absolute atomic E-state index is 0.162. The highest BCUT2D eigenvalue weighted by Crippen LogP contribution is 2.26. The summed E-state index contributed by atoms with van der Waals surface area (Å²) in [7, 11) is -6.16. The van der Waals surface area contributed by atoms with Crippen LogP contribution in [0.25, 0.3) is 11.0 Å². The van der Waals surface area contributed by atoms with E-state index in [1.807, 2.05) is 0 Å². The smallest absolute Gasteiger partial charge is 0.464 e. The lowest BCUT2D eigenvalue weighted by atomic mass is 9.81. The Balaban J connectivity index is 1.92. The molecule has 0 saturated carbocycles. The maximum atomic E-state index is 12.9. The summed E-state index contributed by atoms with van der Waals surface area (Å²) in [5, 5.41) is 29.7. The average molecular weight is 403 g/mol. The molecule has 1 atom stereocenters. The molecule has 0 aliphatic carbocycles. The zero-order chi connectivity index (χ0) is 20.5. The van der Waals surface area contributed by atoms with Gasteiger partial charge in [0.15, 0.2) is 9.84 Å². The molecule has 28 heavy (non-hydrogen) atoms. The van der Waals surface area contributed by atoms with Gasteiger partial charge in [0.1, 0.15) is 10.7 Å². The average Bonchev–Trinajstić information content (AvgIpc) is 3.01. The molecule has 3 rings (SSSR count). The van der Waals surface area contributed by atoms with Gasteiger partial charge in [-0.2, -0.15) is 0 Å². The number of sulfone groups is 1. The second-order valence-electron chi connectivity index (χ2n) is 6.65. The van der Waals surface area contributed by atoms with Gasteiger partial charge in [-0.3, -0.25) is 10.1 Å². The zero-order valence-corrected chi connectivity index (χ0v) is 15.8. The molecule has 0 radical (unpaired) electrons. The van der Waals surface area contributed by atoms with Crippen molar-refractivity contribution in [2.75, 3.05) is 0 Å². The second kappa shape index (κ2) is 7.74. The van der Waals surface area contributed by atoms with Gasteiger partial charge < -0.3 is 14.5 Å². The van der Waals surface area contributed by atoms with E-state index >= 15 is 0 Å². The summed E-state index contributed by atoms with van der Waals surface area (Å²) in [4.78, 5) is 10.4. The van der Waals surface area contributed by atoms with E-state index in [4.69, 9.17) is 4.42 Å². The summed E-state index contributed by atoms with van der Waals surface area (Å²) in [6.45, 7) is 1.62. The maximum absolute atomic E-state index is 12.9. The molecule has 0 spiro atoms. The molecule has 2 N–H and O–H groups in total. The predicted molar refractivity (Wildman–Crippen MR) is 104 cm³/mol. The number of nitro groups is 1. The fourth-order valence-corrected chi connectivity index (χ4v) is 4.84. The van der Waals surface area contributed by atoms with Crippen LogP contribution in [0.15, 0.2) is 53.1 Å². The molecule has 0 saturated heterocycles. The van der Waals surface area contributed by atoms with Gasteiger partial charge in [-0.1, -0.05) is 24.3 Å². The number of non-ortho nitro benzene ring substituents is 1. The van der Waals surface area contributed by atoms with Crippen LogP contribution in [-0.4, -0.2) is 35.7 Å². The fourth-order valence-electron chi connectivity index (χ4n) is 3.19. The molecule has 0 fully saturated rings. The first-order valence-electron chi connectivity index (χ1n) is 8.45. The van der Waals surface area contributed by atoms with Crippen LogP contribution in [0.3, 0.4) is 0 Å². The first-order valence-corrected chi connectivity index (χ1v) is 10.2. The van der Waals surface area contributed by atoms with Gasteiger partial charge in [-0.05, 0) is 36.1 Å². The number of benzene rings is 2. The van der Waals surface area contributed by atoms with E-state index in [9.17, 15) is 28.6 Å². The topological polar surface area (TPSA) is 131 Å². The number of aryl methyl sites for hydroxylation is 1. The first-order chi connectivity index (χ1) is 13.2. The van der Waals surface area contributed by atoms with E-state index in [-0.39, 0.29) is 17.7 Å². The molecular weight excluding hydrogens is 385 g/mol. The van der Waals surface area contributed by atoms with Crippen LogP contribution in [0.5, 0.6) is 0 Å². The van der Waals surface area contributed by atoms with Crippen LogP contribution in [0.2, 0.25) is 0 Å². The number of para-hydroxylation sites is 1. The first kappa shape index (κ1) is 20.1. The number of hydrogen-bond donors (Lipinski definition) is 2. The lowest BCUT2D eigenvalue weighted by Crippen LogP contribution is -2.40. The minimum Gasteiger partial charge on any atom is -0.464 e. The number of nitro benzene ring substituents is 1. The van der Waals surface area contributed by atoms with Crippen LogP contribution < -0.4 is 0 Å². The lowest BCUT2D eigenvalue weighted by Gasteiger charge is -2.16. The number of rotatable bonds is 7. The third kappa shape index (κ3) is 4.24. The maximum Gasteiger partial charge on any atom is 0.471 e. The zero-order valence-electron chi connectivity index (χ0n) is 15.0. The Hall–Kier alpha value is -2.69. The Kier molecular flexibility index (Phi) is 5.55. The van der Waals surface area contributed by atoms with Gasteiger partial charge >= 0.3 is 7.12 Å². The number of furan rings is 1. The minimum atomic E-state index is -4.04. The number of hydrogen-bond acceptors (Lipinski definition) is 7. The van der Waals surface area contributed by atoms with E-state index in [0.29, 0.717) is 22.1 Å². The van der Waals surface area contributed by atoms with Crippen LogP contribution in [-0.2, 0) is 22.0 Å². The molecule has 0 amide bonds. The Labute approximate surface area is 161 Å². The van der Waals surface area contributed by atoms with Gasteiger partial charge in [-0.15, -0.1) is 0 Å². The van der Waals surface area contributed by atoms with Gasteiger partial charge in [0.2, 0.25) is 0 Å². The molecule has 146 valence electrons. The van der Waals surface area contributed by atoms with Crippen molar-refractivity contribution in [2.45, 2.75) is 24.2 Å². The summed E-state index contributed by atoms with van der Waals surface area (Å²) < 4.78 is 31.1. The monoisotopic (exact) mass is 403 g/mol. The molecule has 0 unspecified atom stereocenters. The molecule has 2 aromatic carbocycles. The Bertz CT molecular complexity index is 1120. The summed E-state index contributed by atoms with van der Waals surface area (Å²) in [6, 6.07) is 11.1. The van der Waals surface area contributed by atoms with Crippen molar-refractivity contribution < 1.29 is 27.8 Å². The summed E-state index contributed by atoms with van der Waals surface area (Å²) >= 11 is 0. The van der Waals surface area contributed by atoms with Gasteiger partial charge in [0, 0.05) is 17.5 Å². The van der Waals surface area contributed by atoms with Crippen LogP contribution >= 0.6 is 0 Å². The summed E-state index contributed by atoms with van der Waals surface area (Å²) in [5.41, 5.74) is 1.64. The van der Waals surface area contributed by atoms with E-state index in [1.165, 1.54) is 24.5 Å². The van der Waals surface area contributed by atoms with Gasteiger partial charge in [0.05, 0.1) is 16.9 Å². The molecule has 0 aliphatic heterocycles. The van der Waals surface area contributed by atoms with E-state index in [1.54, 1.807) is 31.2 Å². The molecule has 10 heteroatoms. The molecule has 0 aliphatic rings. The Morgan fingerprint density at radius 3 is 2.61 bits per heavy atom. The normalized spacial score (nSPS) is 12.8. The number of fused-ring (bicyclic) bond motifs is 1. The van der Waals surface area contributed by atoms with Crippen molar-refractivity contribution >= 4 is 33.6 Å². The standard InChI is InChI=1S/C18H18BNO7S/c1-12-6-13(8-15(7-12)20(23)24)11-28(25,26)18(19(21)22)9-14-10-27-17-5-3-2-4-16(14)17/h2-8,10,18,21-22H,9,11H2,1H3/t18-/m0/s1. The molecule has 8 nitrogen and oxygen atoms in total.